The van der Waals surface area contributed by atoms with Crippen LogP contribution in [0.2, 0.25) is 0 Å². The van der Waals surface area contributed by atoms with E-state index < -0.39 is 0 Å². The SMILES string of the molecule is N/N=C(/CNC=O)NN. The van der Waals surface area contributed by atoms with E-state index in [4.69, 9.17) is 11.7 Å². The van der Waals surface area contributed by atoms with Gasteiger partial charge in [0.25, 0.3) is 0 Å². The van der Waals surface area contributed by atoms with Gasteiger partial charge in [-0.2, -0.15) is 5.10 Å². The van der Waals surface area contributed by atoms with Crippen LogP contribution >= 0.6 is 0 Å². The van der Waals surface area contributed by atoms with E-state index in [2.05, 4.69) is 15.8 Å². The van der Waals surface area contributed by atoms with Crippen molar-refractivity contribution in [2.45, 2.75) is 0 Å². The van der Waals surface area contributed by atoms with Gasteiger partial charge >= 0.3 is 0 Å². The van der Waals surface area contributed by atoms with Crippen LogP contribution in [0.4, 0.5) is 0 Å². The minimum atomic E-state index is 0.219. The highest BCUT2D eigenvalue weighted by Gasteiger charge is 1.90. The molecule has 52 valence electrons. The summed E-state index contributed by atoms with van der Waals surface area (Å²) in [7, 11) is 0. The van der Waals surface area contributed by atoms with Crippen LogP contribution in [0, 0.1) is 0 Å². The number of hydrogen-bond acceptors (Lipinski definition) is 4. The van der Waals surface area contributed by atoms with Crippen molar-refractivity contribution in [3.05, 3.63) is 0 Å². The van der Waals surface area contributed by atoms with Gasteiger partial charge < -0.3 is 16.6 Å². The average molecular weight is 131 g/mol. The Morgan fingerprint density at radius 3 is 2.78 bits per heavy atom. The van der Waals surface area contributed by atoms with Crippen LogP contribution in [-0.4, -0.2) is 18.8 Å². The zero-order chi connectivity index (χ0) is 7.11. The predicted octanol–water partition coefficient (Wildman–Crippen LogP) is -2.53. The van der Waals surface area contributed by atoms with Crippen LogP contribution < -0.4 is 22.4 Å². The van der Waals surface area contributed by atoms with E-state index in [0.29, 0.717) is 12.2 Å². The molecule has 0 heterocycles. The van der Waals surface area contributed by atoms with E-state index in [1.165, 1.54) is 0 Å². The highest BCUT2D eigenvalue weighted by atomic mass is 16.1. The van der Waals surface area contributed by atoms with Crippen molar-refractivity contribution in [2.75, 3.05) is 6.54 Å². The quantitative estimate of drug-likeness (QED) is 0.111. The zero-order valence-electron chi connectivity index (χ0n) is 4.79. The summed E-state index contributed by atoms with van der Waals surface area (Å²) in [6, 6.07) is 0. The maximum Gasteiger partial charge on any atom is 0.207 e. The van der Waals surface area contributed by atoms with Crippen molar-refractivity contribution >= 4 is 12.2 Å². The zero-order valence-corrected chi connectivity index (χ0v) is 4.79. The largest absolute Gasteiger partial charge is 0.351 e. The Balaban J connectivity index is 3.44. The summed E-state index contributed by atoms with van der Waals surface area (Å²) in [4.78, 5) is 9.67. The van der Waals surface area contributed by atoms with Gasteiger partial charge in [0.15, 0.2) is 5.84 Å². The molecule has 0 aliphatic heterocycles. The Bertz CT molecular complexity index is 111. The van der Waals surface area contributed by atoms with Gasteiger partial charge in [-0.3, -0.25) is 4.79 Å². The molecule has 0 bridgehead atoms. The first kappa shape index (κ1) is 7.70. The monoisotopic (exact) mass is 131 g/mol. The van der Waals surface area contributed by atoms with Gasteiger partial charge in [-0.05, 0) is 0 Å². The number of hydrazone groups is 1. The molecule has 0 atom stereocenters. The third-order valence-corrected chi connectivity index (χ3v) is 0.675. The molecule has 0 radical (unpaired) electrons. The molecule has 0 fully saturated rings. The maximum atomic E-state index is 9.67. The minimum absolute atomic E-state index is 0.219. The lowest BCUT2D eigenvalue weighted by Crippen LogP contribution is -2.38. The van der Waals surface area contributed by atoms with Crippen molar-refractivity contribution in [3.63, 3.8) is 0 Å². The topological polar surface area (TPSA) is 106 Å². The summed E-state index contributed by atoms with van der Waals surface area (Å²) >= 11 is 0. The van der Waals surface area contributed by atoms with Gasteiger partial charge in [0.05, 0.1) is 6.54 Å². The fraction of sp³-hybridized carbons (Fsp3) is 0.333. The van der Waals surface area contributed by atoms with Crippen LogP contribution in [0.3, 0.4) is 0 Å². The number of rotatable bonds is 3. The number of amidine groups is 1. The molecule has 9 heavy (non-hydrogen) atoms. The predicted molar refractivity (Wildman–Crippen MR) is 33.0 cm³/mol. The Kier molecular flexibility index (Phi) is 4.15. The highest BCUT2D eigenvalue weighted by molar-refractivity contribution is 5.84. The van der Waals surface area contributed by atoms with E-state index in [1.807, 2.05) is 0 Å². The second-order valence-electron chi connectivity index (χ2n) is 1.22. The highest BCUT2D eigenvalue weighted by Crippen LogP contribution is 1.59. The van der Waals surface area contributed by atoms with E-state index >= 15 is 0 Å². The first-order valence-electron chi connectivity index (χ1n) is 2.25. The van der Waals surface area contributed by atoms with Gasteiger partial charge in [0, 0.05) is 0 Å². The van der Waals surface area contributed by atoms with Gasteiger partial charge in [-0.25, -0.2) is 5.84 Å². The third-order valence-electron chi connectivity index (χ3n) is 0.675. The number of carbonyl (C=O) groups is 1. The molecule has 0 aromatic heterocycles. The molecular weight excluding hydrogens is 122 g/mol. The molecule has 0 aliphatic carbocycles. The Hall–Kier alpha value is -1.30. The standard InChI is InChI=1S/C3H9N5O/c4-7-3(8-5)1-6-2-9/h2H,1,4-5H2,(H,6,9)(H,7,8). The number of hydrazine groups is 1. The van der Waals surface area contributed by atoms with Crippen molar-refractivity contribution in [2.24, 2.45) is 16.8 Å². The first-order chi connectivity index (χ1) is 4.35. The second-order valence-corrected chi connectivity index (χ2v) is 1.22. The summed E-state index contributed by atoms with van der Waals surface area (Å²) in [5, 5.41) is 5.52. The molecular formula is C3H9N5O. The van der Waals surface area contributed by atoms with Crippen molar-refractivity contribution in [1.82, 2.24) is 10.7 Å². The van der Waals surface area contributed by atoms with Crippen molar-refractivity contribution in [1.29, 1.82) is 0 Å². The molecule has 0 spiro atoms. The third kappa shape index (κ3) is 3.30. The summed E-state index contributed by atoms with van der Waals surface area (Å²) in [6.07, 6.45) is 0.530. The van der Waals surface area contributed by atoms with Crippen LogP contribution in [0.15, 0.2) is 5.10 Å². The summed E-state index contributed by atoms with van der Waals surface area (Å²) in [5.41, 5.74) is 2.19. The lowest BCUT2D eigenvalue weighted by atomic mass is 10.6. The second kappa shape index (κ2) is 4.85. The number of nitrogens with two attached hydrogens (primary N) is 2. The summed E-state index contributed by atoms with van der Waals surface area (Å²) < 4.78 is 0. The molecule has 0 saturated carbocycles. The molecule has 0 aromatic carbocycles. The molecule has 6 heteroatoms. The Morgan fingerprint density at radius 1 is 1.78 bits per heavy atom. The smallest absolute Gasteiger partial charge is 0.207 e. The first-order valence-corrected chi connectivity index (χ1v) is 2.25. The molecule has 0 unspecified atom stereocenters. The lowest BCUT2D eigenvalue weighted by Gasteiger charge is -1.99. The van der Waals surface area contributed by atoms with E-state index in [9.17, 15) is 4.79 Å². The normalized spacial score (nSPS) is 10.6. The van der Waals surface area contributed by atoms with Gasteiger partial charge in [0.1, 0.15) is 0 Å². The molecule has 0 aromatic rings. The van der Waals surface area contributed by atoms with Crippen LogP contribution in [0.25, 0.3) is 0 Å². The minimum Gasteiger partial charge on any atom is -0.351 e. The van der Waals surface area contributed by atoms with Crippen molar-refractivity contribution < 1.29 is 4.79 Å². The Labute approximate surface area is 52.2 Å². The van der Waals surface area contributed by atoms with E-state index in [-0.39, 0.29) is 6.54 Å². The van der Waals surface area contributed by atoms with Crippen LogP contribution in [0.5, 0.6) is 0 Å². The maximum absolute atomic E-state index is 9.67. The molecule has 1 amide bonds. The number of amides is 1. The molecule has 0 saturated heterocycles. The fourth-order valence-corrected chi connectivity index (χ4v) is 0.272. The van der Waals surface area contributed by atoms with Crippen LogP contribution in [-0.2, 0) is 4.79 Å². The summed E-state index contributed by atoms with van der Waals surface area (Å²) in [6.45, 7) is 0.219. The van der Waals surface area contributed by atoms with Crippen molar-refractivity contribution in [3.8, 4) is 0 Å². The number of hydrogen-bond donors (Lipinski definition) is 4. The molecule has 0 rings (SSSR count). The van der Waals surface area contributed by atoms with Crippen LogP contribution in [0.1, 0.15) is 0 Å². The Morgan fingerprint density at radius 2 is 2.44 bits per heavy atom. The molecule has 0 aliphatic rings. The van der Waals surface area contributed by atoms with E-state index in [0.717, 1.165) is 0 Å². The fourth-order valence-electron chi connectivity index (χ4n) is 0.272. The number of nitrogens with one attached hydrogen (secondary N) is 2. The number of nitrogens with zero attached hydrogens (tertiary/aromatic N) is 1. The van der Waals surface area contributed by atoms with Gasteiger partial charge in [-0.1, -0.05) is 0 Å². The van der Waals surface area contributed by atoms with Gasteiger partial charge in [-0.15, -0.1) is 0 Å². The molecule has 6 N–H and O–H groups in total. The number of carbonyl (C=O) groups excluding carboxylic acids is 1. The molecule has 6 nitrogen and oxygen atoms in total. The van der Waals surface area contributed by atoms with Gasteiger partial charge in [0.2, 0.25) is 6.41 Å². The van der Waals surface area contributed by atoms with E-state index in [1.54, 1.807) is 0 Å². The average Bonchev–Trinajstić information content (AvgIpc) is 1.91. The lowest BCUT2D eigenvalue weighted by molar-refractivity contribution is -0.109. The summed E-state index contributed by atoms with van der Waals surface area (Å²) in [5.74, 6) is 10.0.